The number of aliphatic hydroxyl groups is 1. The van der Waals surface area contributed by atoms with Gasteiger partial charge in [0.2, 0.25) is 0 Å². The van der Waals surface area contributed by atoms with E-state index in [1.165, 1.54) is 18.4 Å². The van der Waals surface area contributed by atoms with Crippen LogP contribution in [-0.4, -0.2) is 35.6 Å². The van der Waals surface area contributed by atoms with Crippen molar-refractivity contribution in [3.63, 3.8) is 0 Å². The summed E-state index contributed by atoms with van der Waals surface area (Å²) < 4.78 is 0. The molecule has 3 N–H and O–H groups in total. The van der Waals surface area contributed by atoms with Crippen LogP contribution in [0, 0.1) is 5.92 Å². The van der Waals surface area contributed by atoms with E-state index in [0.717, 1.165) is 32.1 Å². The molecule has 0 heterocycles. The Morgan fingerprint density at radius 2 is 2.00 bits per heavy atom. The van der Waals surface area contributed by atoms with E-state index < -0.39 is 17.4 Å². The number of nitrogens with one attached hydrogen (secondary N) is 2. The Bertz CT molecular complexity index is 425. The van der Waals surface area contributed by atoms with Crippen molar-refractivity contribution in [2.24, 2.45) is 5.92 Å². The van der Waals surface area contributed by atoms with Gasteiger partial charge in [-0.2, -0.15) is 0 Å². The lowest BCUT2D eigenvalue weighted by Gasteiger charge is -2.23. The molecule has 0 radical (unpaired) electrons. The molecular formula is C16H26N2O3. The van der Waals surface area contributed by atoms with E-state index in [1.807, 2.05) is 0 Å². The van der Waals surface area contributed by atoms with Crippen molar-refractivity contribution >= 4 is 11.8 Å². The minimum absolute atomic E-state index is 0.134. The van der Waals surface area contributed by atoms with Crippen LogP contribution in [0.1, 0.15) is 51.9 Å². The molecule has 2 aliphatic rings. The van der Waals surface area contributed by atoms with Crippen molar-refractivity contribution in [3.8, 4) is 0 Å². The van der Waals surface area contributed by atoms with Gasteiger partial charge in [0.15, 0.2) is 0 Å². The lowest BCUT2D eigenvalue weighted by molar-refractivity contribution is -0.139. The van der Waals surface area contributed by atoms with Crippen molar-refractivity contribution in [2.45, 2.75) is 57.5 Å². The van der Waals surface area contributed by atoms with Gasteiger partial charge in [0, 0.05) is 13.1 Å². The van der Waals surface area contributed by atoms with Gasteiger partial charge >= 0.3 is 11.8 Å². The second-order valence-electron chi connectivity index (χ2n) is 6.43. The molecule has 2 aliphatic carbocycles. The van der Waals surface area contributed by atoms with Gasteiger partial charge in [0.1, 0.15) is 0 Å². The van der Waals surface area contributed by atoms with Gasteiger partial charge in [0.05, 0.1) is 5.60 Å². The van der Waals surface area contributed by atoms with Gasteiger partial charge in [-0.1, -0.05) is 11.6 Å². The van der Waals surface area contributed by atoms with Crippen LogP contribution in [0.3, 0.4) is 0 Å². The molecule has 0 aromatic rings. The molecule has 0 saturated heterocycles. The Kier molecular flexibility index (Phi) is 5.39. The molecule has 5 heteroatoms. The number of carbonyl (C=O) groups is 2. The summed E-state index contributed by atoms with van der Waals surface area (Å²) in [4.78, 5) is 23.3. The highest BCUT2D eigenvalue weighted by molar-refractivity contribution is 6.35. The first-order chi connectivity index (χ1) is 9.99. The lowest BCUT2D eigenvalue weighted by Crippen LogP contribution is -2.47. The molecule has 0 unspecified atom stereocenters. The number of carbonyl (C=O) groups excluding carboxylic acids is 2. The molecule has 2 amide bonds. The second-order valence-corrected chi connectivity index (χ2v) is 6.43. The van der Waals surface area contributed by atoms with Crippen LogP contribution < -0.4 is 10.6 Å². The first kappa shape index (κ1) is 16.0. The van der Waals surface area contributed by atoms with Crippen molar-refractivity contribution < 1.29 is 14.7 Å². The highest BCUT2D eigenvalue weighted by Crippen LogP contribution is 2.38. The number of rotatable bonds is 6. The normalized spacial score (nSPS) is 21.1. The maximum atomic E-state index is 11.7. The molecule has 0 spiro atoms. The van der Waals surface area contributed by atoms with Gasteiger partial charge in [-0.05, 0) is 57.8 Å². The third kappa shape index (κ3) is 5.16. The van der Waals surface area contributed by atoms with E-state index in [-0.39, 0.29) is 12.5 Å². The Hall–Kier alpha value is -1.36. The van der Waals surface area contributed by atoms with Gasteiger partial charge in [-0.3, -0.25) is 9.59 Å². The number of hydrogen-bond acceptors (Lipinski definition) is 3. The smallest absolute Gasteiger partial charge is 0.309 e. The van der Waals surface area contributed by atoms with Crippen LogP contribution in [0.25, 0.3) is 0 Å². The first-order valence-electron chi connectivity index (χ1n) is 7.95. The van der Waals surface area contributed by atoms with E-state index in [0.29, 0.717) is 6.54 Å². The Balaban J connectivity index is 1.63. The third-order valence-electron chi connectivity index (χ3n) is 4.39. The summed E-state index contributed by atoms with van der Waals surface area (Å²) in [6, 6.07) is 0. The Morgan fingerprint density at radius 1 is 1.29 bits per heavy atom. The molecule has 0 aliphatic heterocycles. The number of hydrogen-bond donors (Lipinski definition) is 3. The van der Waals surface area contributed by atoms with Crippen molar-refractivity contribution in [2.75, 3.05) is 13.1 Å². The van der Waals surface area contributed by atoms with E-state index in [2.05, 4.69) is 16.7 Å². The predicted molar refractivity (Wildman–Crippen MR) is 80.5 cm³/mol. The summed E-state index contributed by atoms with van der Waals surface area (Å²) in [7, 11) is 0. The first-order valence-corrected chi connectivity index (χ1v) is 7.95. The highest BCUT2D eigenvalue weighted by atomic mass is 16.3. The van der Waals surface area contributed by atoms with E-state index in [1.54, 1.807) is 6.92 Å². The average Bonchev–Trinajstić information content (AvgIpc) is 3.31. The maximum Gasteiger partial charge on any atom is 0.309 e. The fraction of sp³-hybridized carbons (Fsp3) is 0.750. The molecule has 2 rings (SSSR count). The monoisotopic (exact) mass is 294 g/mol. The molecular weight excluding hydrogens is 268 g/mol. The van der Waals surface area contributed by atoms with Crippen LogP contribution >= 0.6 is 0 Å². The van der Waals surface area contributed by atoms with Crippen LogP contribution in [0.4, 0.5) is 0 Å². The minimum Gasteiger partial charge on any atom is -0.388 e. The lowest BCUT2D eigenvalue weighted by atomic mass is 9.97. The number of amides is 2. The van der Waals surface area contributed by atoms with Gasteiger partial charge in [0.25, 0.3) is 0 Å². The van der Waals surface area contributed by atoms with E-state index in [4.69, 9.17) is 0 Å². The zero-order valence-corrected chi connectivity index (χ0v) is 12.8. The topological polar surface area (TPSA) is 78.4 Å². The highest BCUT2D eigenvalue weighted by Gasteiger charge is 2.40. The summed E-state index contributed by atoms with van der Waals surface area (Å²) in [5.41, 5.74) is 0.474. The zero-order valence-electron chi connectivity index (χ0n) is 12.8. The molecule has 1 fully saturated rings. The summed E-state index contributed by atoms with van der Waals surface area (Å²) in [5.74, 6) is -1.02. The van der Waals surface area contributed by atoms with Crippen LogP contribution in [0.5, 0.6) is 0 Å². The van der Waals surface area contributed by atoms with Gasteiger partial charge in [-0.25, -0.2) is 0 Å². The molecule has 118 valence electrons. The standard InChI is InChI=1S/C16H26N2O3/c1-16(21,13-7-8-13)11-18-15(20)14(19)17-10-9-12-5-3-2-4-6-12/h5,13,21H,2-4,6-11H2,1H3,(H,17,19)(H,18,20)/t16-/m0/s1. The molecule has 5 nitrogen and oxygen atoms in total. The molecule has 21 heavy (non-hydrogen) atoms. The maximum absolute atomic E-state index is 11.7. The summed E-state index contributed by atoms with van der Waals surface area (Å²) in [6.45, 7) is 2.34. The van der Waals surface area contributed by atoms with Gasteiger partial charge < -0.3 is 15.7 Å². The predicted octanol–water partition coefficient (Wildman–Crippen LogP) is 1.27. The van der Waals surface area contributed by atoms with Crippen LogP contribution in [0.15, 0.2) is 11.6 Å². The quantitative estimate of drug-likeness (QED) is 0.510. The summed E-state index contributed by atoms with van der Waals surface area (Å²) >= 11 is 0. The average molecular weight is 294 g/mol. The second kappa shape index (κ2) is 7.07. The fourth-order valence-corrected chi connectivity index (χ4v) is 2.74. The molecule has 0 aromatic carbocycles. The Labute approximate surface area is 126 Å². The SMILES string of the molecule is C[C@](O)(CNC(=O)C(=O)NCCC1=CCCCC1)C1CC1. The minimum atomic E-state index is -0.900. The van der Waals surface area contributed by atoms with E-state index in [9.17, 15) is 14.7 Å². The van der Waals surface area contributed by atoms with Crippen LogP contribution in [0.2, 0.25) is 0 Å². The third-order valence-corrected chi connectivity index (χ3v) is 4.39. The Morgan fingerprint density at radius 3 is 2.62 bits per heavy atom. The zero-order chi connectivity index (χ0) is 15.3. The molecule has 1 atom stereocenters. The molecule has 1 saturated carbocycles. The molecule has 0 bridgehead atoms. The van der Waals surface area contributed by atoms with Crippen molar-refractivity contribution in [3.05, 3.63) is 11.6 Å². The summed E-state index contributed by atoms with van der Waals surface area (Å²) in [5, 5.41) is 15.2. The van der Waals surface area contributed by atoms with Crippen molar-refractivity contribution in [1.82, 2.24) is 10.6 Å². The molecule has 0 aromatic heterocycles. The van der Waals surface area contributed by atoms with Gasteiger partial charge in [-0.15, -0.1) is 0 Å². The number of allylic oxidation sites excluding steroid dienone is 1. The fourth-order valence-electron chi connectivity index (χ4n) is 2.74. The largest absolute Gasteiger partial charge is 0.388 e. The van der Waals surface area contributed by atoms with E-state index >= 15 is 0 Å². The van der Waals surface area contributed by atoms with Crippen molar-refractivity contribution in [1.29, 1.82) is 0 Å². The van der Waals surface area contributed by atoms with Crippen LogP contribution in [-0.2, 0) is 9.59 Å². The summed E-state index contributed by atoms with van der Waals surface area (Å²) in [6.07, 6.45) is 9.73.